The molecule has 1 aliphatic rings. The monoisotopic (exact) mass is 394 g/mol. The predicted octanol–water partition coefficient (Wildman–Crippen LogP) is 3.63. The summed E-state index contributed by atoms with van der Waals surface area (Å²) in [6.07, 6.45) is 1.33. The fourth-order valence-electron chi connectivity index (χ4n) is 3.54. The fourth-order valence-corrected chi connectivity index (χ4v) is 3.54. The van der Waals surface area contributed by atoms with Crippen LogP contribution in [0.4, 0.5) is 0 Å². The summed E-state index contributed by atoms with van der Waals surface area (Å²) in [7, 11) is 0. The molecule has 1 heterocycles. The third kappa shape index (κ3) is 5.04. The van der Waals surface area contributed by atoms with Crippen molar-refractivity contribution in [3.05, 3.63) is 69.8 Å². The fraction of sp³-hybridized carbons (Fsp3) is 0.417. The first-order chi connectivity index (χ1) is 13.8. The summed E-state index contributed by atoms with van der Waals surface area (Å²) in [6, 6.07) is 11.4. The number of hydrogen-bond acceptors (Lipinski definition) is 3. The van der Waals surface area contributed by atoms with Crippen molar-refractivity contribution >= 4 is 11.8 Å². The largest absolute Gasteiger partial charge is 0.381 e. The molecule has 0 aliphatic carbocycles. The molecule has 2 aromatic rings. The highest BCUT2D eigenvalue weighted by atomic mass is 16.5. The first kappa shape index (κ1) is 21.1. The average molecular weight is 395 g/mol. The molecule has 5 heteroatoms. The zero-order chi connectivity index (χ0) is 21.0. The second-order valence-electron chi connectivity index (χ2n) is 8.13. The molecule has 29 heavy (non-hydrogen) atoms. The van der Waals surface area contributed by atoms with Crippen LogP contribution in [0.3, 0.4) is 0 Å². The lowest BCUT2D eigenvalue weighted by atomic mass is 9.89. The highest BCUT2D eigenvalue weighted by Crippen LogP contribution is 2.22. The van der Waals surface area contributed by atoms with E-state index in [4.69, 9.17) is 4.74 Å². The van der Waals surface area contributed by atoms with Crippen LogP contribution in [-0.2, 0) is 4.74 Å². The van der Waals surface area contributed by atoms with E-state index in [0.29, 0.717) is 43.7 Å². The SMILES string of the molecule is Cc1ccc(C(=O)NCC2(NC(=O)c3ccc(C)c(C)c3)CCOCC2)cc1C. The molecule has 0 saturated carbocycles. The van der Waals surface area contributed by atoms with E-state index in [2.05, 4.69) is 10.6 Å². The van der Waals surface area contributed by atoms with Crippen LogP contribution in [0, 0.1) is 27.7 Å². The van der Waals surface area contributed by atoms with Gasteiger partial charge in [-0.3, -0.25) is 9.59 Å². The summed E-state index contributed by atoms with van der Waals surface area (Å²) in [5.41, 5.74) is 5.24. The molecule has 0 unspecified atom stereocenters. The zero-order valence-corrected chi connectivity index (χ0v) is 17.7. The van der Waals surface area contributed by atoms with Crippen LogP contribution in [-0.4, -0.2) is 37.1 Å². The topological polar surface area (TPSA) is 67.4 Å². The summed E-state index contributed by atoms with van der Waals surface area (Å²) in [6.45, 7) is 9.55. The smallest absolute Gasteiger partial charge is 0.251 e. The summed E-state index contributed by atoms with van der Waals surface area (Å²) < 4.78 is 5.50. The molecule has 0 radical (unpaired) electrons. The molecule has 0 bridgehead atoms. The van der Waals surface area contributed by atoms with E-state index < -0.39 is 5.54 Å². The van der Waals surface area contributed by atoms with Gasteiger partial charge in [-0.1, -0.05) is 12.1 Å². The van der Waals surface area contributed by atoms with Gasteiger partial charge in [-0.2, -0.15) is 0 Å². The van der Waals surface area contributed by atoms with Crippen molar-refractivity contribution in [1.82, 2.24) is 10.6 Å². The molecular weight excluding hydrogens is 364 g/mol. The number of aryl methyl sites for hydroxylation is 4. The molecule has 154 valence electrons. The van der Waals surface area contributed by atoms with Gasteiger partial charge in [-0.25, -0.2) is 0 Å². The van der Waals surface area contributed by atoms with Crippen molar-refractivity contribution in [2.75, 3.05) is 19.8 Å². The third-order valence-corrected chi connectivity index (χ3v) is 5.95. The third-order valence-electron chi connectivity index (χ3n) is 5.95. The van der Waals surface area contributed by atoms with Crippen molar-refractivity contribution in [2.24, 2.45) is 0 Å². The molecule has 1 saturated heterocycles. The average Bonchev–Trinajstić information content (AvgIpc) is 2.71. The Balaban J connectivity index is 1.72. The Morgan fingerprint density at radius 3 is 1.86 bits per heavy atom. The molecule has 1 fully saturated rings. The Labute approximate surface area is 172 Å². The molecule has 3 rings (SSSR count). The minimum Gasteiger partial charge on any atom is -0.381 e. The second kappa shape index (κ2) is 8.78. The lowest BCUT2D eigenvalue weighted by Gasteiger charge is -2.38. The second-order valence-corrected chi connectivity index (χ2v) is 8.13. The van der Waals surface area contributed by atoms with Crippen LogP contribution in [0.15, 0.2) is 36.4 Å². The number of ether oxygens (including phenoxy) is 1. The van der Waals surface area contributed by atoms with Gasteiger partial charge < -0.3 is 15.4 Å². The number of carbonyl (C=O) groups is 2. The standard InChI is InChI=1S/C24H30N2O3/c1-16-5-7-20(13-18(16)3)22(27)25-15-24(9-11-29-12-10-24)26-23(28)21-8-6-17(2)19(4)14-21/h5-8,13-14H,9-12,15H2,1-4H3,(H,25,27)(H,26,28). The van der Waals surface area contributed by atoms with Gasteiger partial charge in [-0.15, -0.1) is 0 Å². The zero-order valence-electron chi connectivity index (χ0n) is 17.7. The van der Waals surface area contributed by atoms with Crippen molar-refractivity contribution in [3.63, 3.8) is 0 Å². The molecule has 2 aromatic carbocycles. The maximum Gasteiger partial charge on any atom is 0.251 e. The van der Waals surface area contributed by atoms with Crippen LogP contribution in [0.25, 0.3) is 0 Å². The molecular formula is C24H30N2O3. The van der Waals surface area contributed by atoms with Crippen molar-refractivity contribution in [3.8, 4) is 0 Å². The van der Waals surface area contributed by atoms with Crippen molar-refractivity contribution < 1.29 is 14.3 Å². The Bertz CT molecular complexity index is 914. The first-order valence-corrected chi connectivity index (χ1v) is 10.1. The predicted molar refractivity (Wildman–Crippen MR) is 114 cm³/mol. The van der Waals surface area contributed by atoms with Crippen LogP contribution in [0.1, 0.15) is 55.8 Å². The number of benzene rings is 2. The summed E-state index contributed by atoms with van der Waals surface area (Å²) in [5.74, 6) is -0.241. The van der Waals surface area contributed by atoms with E-state index in [1.807, 2.05) is 64.1 Å². The minimum absolute atomic E-state index is 0.115. The van der Waals surface area contributed by atoms with E-state index in [-0.39, 0.29) is 11.8 Å². The van der Waals surface area contributed by atoms with E-state index in [0.717, 1.165) is 22.3 Å². The van der Waals surface area contributed by atoms with Gasteiger partial charge in [0.15, 0.2) is 0 Å². The number of nitrogens with one attached hydrogen (secondary N) is 2. The molecule has 0 spiro atoms. The maximum absolute atomic E-state index is 12.9. The van der Waals surface area contributed by atoms with E-state index in [9.17, 15) is 9.59 Å². The van der Waals surface area contributed by atoms with Gasteiger partial charge in [0.2, 0.25) is 0 Å². The van der Waals surface area contributed by atoms with Crippen molar-refractivity contribution in [1.29, 1.82) is 0 Å². The first-order valence-electron chi connectivity index (χ1n) is 10.1. The van der Waals surface area contributed by atoms with E-state index in [1.54, 1.807) is 0 Å². The molecule has 1 aliphatic heterocycles. The van der Waals surface area contributed by atoms with Crippen LogP contribution in [0.2, 0.25) is 0 Å². The van der Waals surface area contributed by atoms with Gasteiger partial charge in [0.1, 0.15) is 0 Å². The van der Waals surface area contributed by atoms with Gasteiger partial charge in [-0.05, 0) is 87.1 Å². The summed E-state index contributed by atoms with van der Waals surface area (Å²) >= 11 is 0. The minimum atomic E-state index is -0.510. The highest BCUT2D eigenvalue weighted by Gasteiger charge is 2.35. The Hall–Kier alpha value is -2.66. The van der Waals surface area contributed by atoms with Crippen LogP contribution in [0.5, 0.6) is 0 Å². The number of carbonyl (C=O) groups excluding carboxylic acids is 2. The summed E-state index contributed by atoms with van der Waals surface area (Å²) in [4.78, 5) is 25.6. The number of rotatable bonds is 5. The lowest BCUT2D eigenvalue weighted by molar-refractivity contribution is 0.0352. The normalized spacial score (nSPS) is 15.6. The van der Waals surface area contributed by atoms with E-state index in [1.165, 1.54) is 0 Å². The lowest BCUT2D eigenvalue weighted by Crippen LogP contribution is -2.58. The highest BCUT2D eigenvalue weighted by molar-refractivity contribution is 5.96. The molecule has 0 aromatic heterocycles. The Morgan fingerprint density at radius 1 is 0.828 bits per heavy atom. The quantitative estimate of drug-likeness (QED) is 0.814. The van der Waals surface area contributed by atoms with Gasteiger partial charge in [0.25, 0.3) is 11.8 Å². The van der Waals surface area contributed by atoms with Crippen molar-refractivity contribution in [2.45, 2.75) is 46.1 Å². The molecule has 5 nitrogen and oxygen atoms in total. The Morgan fingerprint density at radius 2 is 1.34 bits per heavy atom. The van der Waals surface area contributed by atoms with Gasteiger partial charge >= 0.3 is 0 Å². The van der Waals surface area contributed by atoms with E-state index >= 15 is 0 Å². The molecule has 2 N–H and O–H groups in total. The van der Waals surface area contributed by atoms with Gasteiger partial charge in [0, 0.05) is 30.9 Å². The molecule has 2 amide bonds. The summed E-state index contributed by atoms with van der Waals surface area (Å²) in [5, 5.41) is 6.21. The maximum atomic E-state index is 12.9. The van der Waals surface area contributed by atoms with Crippen LogP contribution >= 0.6 is 0 Å². The number of hydrogen-bond donors (Lipinski definition) is 2. The number of amides is 2. The Kier molecular flexibility index (Phi) is 6.38. The molecule has 0 atom stereocenters. The van der Waals surface area contributed by atoms with Crippen LogP contribution < -0.4 is 10.6 Å². The van der Waals surface area contributed by atoms with Gasteiger partial charge in [0.05, 0.1) is 5.54 Å².